The molecular weight excluding hydrogens is 507 g/mol. The Morgan fingerprint density at radius 1 is 1.19 bits per heavy atom. The predicted molar refractivity (Wildman–Crippen MR) is 137 cm³/mol. The smallest absolute Gasteiger partial charge is 0.191 e. The first-order chi connectivity index (χ1) is 14.5. The summed E-state index contributed by atoms with van der Waals surface area (Å²) in [6, 6.07) is 12.3. The Morgan fingerprint density at radius 2 is 1.90 bits per heavy atom. The highest BCUT2D eigenvalue weighted by Gasteiger charge is 2.24. The number of halogens is 1. The van der Waals surface area contributed by atoms with Crippen molar-refractivity contribution in [3.63, 3.8) is 0 Å². The number of rotatable bonds is 7. The molecule has 170 valence electrons. The van der Waals surface area contributed by atoms with Crippen LogP contribution < -0.4 is 29.9 Å². The van der Waals surface area contributed by atoms with Gasteiger partial charge in [-0.15, -0.1) is 24.0 Å². The van der Waals surface area contributed by atoms with Gasteiger partial charge in [-0.1, -0.05) is 6.07 Å². The van der Waals surface area contributed by atoms with Crippen LogP contribution in [0.5, 0.6) is 11.5 Å². The van der Waals surface area contributed by atoms with E-state index in [0.717, 1.165) is 54.2 Å². The van der Waals surface area contributed by atoms with E-state index in [1.54, 1.807) is 21.3 Å². The number of benzene rings is 1. The van der Waals surface area contributed by atoms with E-state index in [1.807, 2.05) is 55.4 Å². The maximum absolute atomic E-state index is 5.40. The molecule has 0 saturated carbocycles. The van der Waals surface area contributed by atoms with Crippen molar-refractivity contribution < 1.29 is 9.47 Å². The minimum absolute atomic E-state index is 0. The zero-order valence-corrected chi connectivity index (χ0v) is 21.2. The molecule has 1 aromatic heterocycles. The molecule has 0 amide bonds. The second-order valence-electron chi connectivity index (χ2n) is 7.45. The van der Waals surface area contributed by atoms with Crippen LogP contribution in [0.1, 0.15) is 12.1 Å². The molecule has 31 heavy (non-hydrogen) atoms. The van der Waals surface area contributed by atoms with E-state index in [0.29, 0.717) is 12.6 Å². The Bertz CT molecular complexity index is 855. The molecule has 1 aliphatic rings. The van der Waals surface area contributed by atoms with Crippen molar-refractivity contribution in [1.29, 1.82) is 0 Å². The van der Waals surface area contributed by atoms with Gasteiger partial charge >= 0.3 is 0 Å². The third kappa shape index (κ3) is 6.78. The average Bonchev–Trinajstić information content (AvgIpc) is 3.25. The van der Waals surface area contributed by atoms with Crippen LogP contribution in [-0.4, -0.2) is 65.4 Å². The van der Waals surface area contributed by atoms with Crippen molar-refractivity contribution >= 4 is 41.4 Å². The van der Waals surface area contributed by atoms with Gasteiger partial charge in [0, 0.05) is 64.2 Å². The van der Waals surface area contributed by atoms with Crippen LogP contribution in [0.4, 0.5) is 11.5 Å². The van der Waals surface area contributed by atoms with Crippen LogP contribution in [0, 0.1) is 0 Å². The summed E-state index contributed by atoms with van der Waals surface area (Å²) in [4.78, 5) is 13.3. The monoisotopic (exact) mass is 540 g/mol. The fourth-order valence-electron chi connectivity index (χ4n) is 3.46. The van der Waals surface area contributed by atoms with Crippen molar-refractivity contribution in [2.75, 3.05) is 58.3 Å². The number of nitrogens with one attached hydrogen (secondary N) is 2. The van der Waals surface area contributed by atoms with Crippen molar-refractivity contribution in [3.05, 3.63) is 42.1 Å². The van der Waals surface area contributed by atoms with E-state index >= 15 is 0 Å². The largest absolute Gasteiger partial charge is 0.497 e. The minimum Gasteiger partial charge on any atom is -0.497 e. The van der Waals surface area contributed by atoms with Crippen molar-refractivity contribution in [1.82, 2.24) is 15.6 Å². The molecule has 0 bridgehead atoms. The lowest BCUT2D eigenvalue weighted by Gasteiger charge is -2.21. The predicted octanol–water partition coefficient (Wildman–Crippen LogP) is 2.73. The fraction of sp³-hybridized carbons (Fsp3) is 0.455. The van der Waals surface area contributed by atoms with Gasteiger partial charge in [0.1, 0.15) is 17.3 Å². The SMILES string of the molecule is CN=C(NCc1cccc(N(C)C)n1)NC1CCN(c2cc(OC)cc(OC)c2)C1.I. The number of ether oxygens (including phenoxy) is 2. The number of anilines is 2. The molecule has 9 heteroatoms. The van der Waals surface area contributed by atoms with Crippen LogP contribution in [-0.2, 0) is 6.54 Å². The summed E-state index contributed by atoms with van der Waals surface area (Å²) < 4.78 is 10.8. The third-order valence-electron chi connectivity index (χ3n) is 5.14. The van der Waals surface area contributed by atoms with Gasteiger partial charge in [0.25, 0.3) is 0 Å². The Balaban J connectivity index is 0.00000341. The number of hydrogen-bond donors (Lipinski definition) is 2. The molecule has 2 heterocycles. The Hall–Kier alpha value is -2.43. The summed E-state index contributed by atoms with van der Waals surface area (Å²) in [7, 11) is 9.11. The van der Waals surface area contributed by atoms with E-state index in [-0.39, 0.29) is 24.0 Å². The number of methoxy groups -OCH3 is 2. The van der Waals surface area contributed by atoms with Gasteiger partial charge in [-0.2, -0.15) is 0 Å². The molecule has 1 aliphatic heterocycles. The molecule has 3 rings (SSSR count). The van der Waals surface area contributed by atoms with E-state index in [2.05, 4.69) is 25.5 Å². The van der Waals surface area contributed by atoms with Gasteiger partial charge < -0.3 is 29.9 Å². The van der Waals surface area contributed by atoms with E-state index < -0.39 is 0 Å². The standard InChI is InChI=1S/C22H32N6O2.HI/c1-23-22(24-14-16-7-6-8-21(25-16)27(2)3)26-17-9-10-28(15-17)18-11-19(29-4)13-20(12-18)30-5;/h6-8,11-13,17H,9-10,14-15H2,1-5H3,(H2,23,24,26);1H. The zero-order valence-electron chi connectivity index (χ0n) is 18.9. The molecule has 1 unspecified atom stereocenters. The highest BCUT2D eigenvalue weighted by molar-refractivity contribution is 14.0. The van der Waals surface area contributed by atoms with E-state index in [1.165, 1.54) is 0 Å². The molecule has 8 nitrogen and oxygen atoms in total. The van der Waals surface area contributed by atoms with E-state index in [9.17, 15) is 0 Å². The van der Waals surface area contributed by atoms with Crippen molar-refractivity contribution in [2.24, 2.45) is 4.99 Å². The summed E-state index contributed by atoms with van der Waals surface area (Å²) in [5, 5.41) is 6.90. The number of nitrogens with zero attached hydrogens (tertiary/aromatic N) is 4. The highest BCUT2D eigenvalue weighted by Crippen LogP contribution is 2.30. The first kappa shape index (κ1) is 24.8. The van der Waals surface area contributed by atoms with E-state index in [4.69, 9.17) is 9.47 Å². The van der Waals surface area contributed by atoms with Gasteiger partial charge in [-0.3, -0.25) is 4.99 Å². The lowest BCUT2D eigenvalue weighted by atomic mass is 10.2. The lowest BCUT2D eigenvalue weighted by Crippen LogP contribution is -2.44. The molecule has 0 spiro atoms. The maximum atomic E-state index is 5.40. The molecule has 1 fully saturated rings. The first-order valence-corrected chi connectivity index (χ1v) is 10.1. The van der Waals surface area contributed by atoms with Gasteiger partial charge in [0.2, 0.25) is 0 Å². The highest BCUT2D eigenvalue weighted by atomic mass is 127. The number of aliphatic imine (C=N–C) groups is 1. The number of aromatic nitrogens is 1. The fourth-order valence-corrected chi connectivity index (χ4v) is 3.46. The van der Waals surface area contributed by atoms with Crippen LogP contribution in [0.25, 0.3) is 0 Å². The molecule has 2 aromatic rings. The topological polar surface area (TPSA) is 74.3 Å². The normalized spacial score (nSPS) is 15.8. The van der Waals surface area contributed by atoms with Crippen LogP contribution in [0.3, 0.4) is 0 Å². The summed E-state index contributed by atoms with van der Waals surface area (Å²) >= 11 is 0. The van der Waals surface area contributed by atoms with Crippen LogP contribution in [0.15, 0.2) is 41.4 Å². The molecule has 0 radical (unpaired) electrons. The summed E-state index contributed by atoms with van der Waals surface area (Å²) in [6.07, 6.45) is 1.02. The van der Waals surface area contributed by atoms with Gasteiger partial charge in [-0.25, -0.2) is 4.98 Å². The number of guanidine groups is 1. The zero-order chi connectivity index (χ0) is 21.5. The molecule has 1 aromatic carbocycles. The van der Waals surface area contributed by atoms with Crippen LogP contribution in [0.2, 0.25) is 0 Å². The molecular formula is C22H33IN6O2. The lowest BCUT2D eigenvalue weighted by molar-refractivity contribution is 0.394. The average molecular weight is 540 g/mol. The van der Waals surface area contributed by atoms with Gasteiger partial charge in [-0.05, 0) is 18.6 Å². The molecule has 1 atom stereocenters. The summed E-state index contributed by atoms with van der Waals surface area (Å²) in [5.74, 6) is 3.32. The number of hydrogen-bond acceptors (Lipinski definition) is 6. The molecule has 2 N–H and O–H groups in total. The number of pyridine rings is 1. The van der Waals surface area contributed by atoms with Crippen molar-refractivity contribution in [2.45, 2.75) is 19.0 Å². The Labute approximate surface area is 202 Å². The van der Waals surface area contributed by atoms with Gasteiger partial charge in [0.05, 0.1) is 26.5 Å². The third-order valence-corrected chi connectivity index (χ3v) is 5.14. The second-order valence-corrected chi connectivity index (χ2v) is 7.45. The summed E-state index contributed by atoms with van der Waals surface area (Å²) in [6.45, 7) is 2.45. The Morgan fingerprint density at radius 3 is 2.52 bits per heavy atom. The molecule has 0 aliphatic carbocycles. The Kier molecular flexibility index (Phi) is 9.47. The van der Waals surface area contributed by atoms with Crippen LogP contribution >= 0.6 is 24.0 Å². The first-order valence-electron chi connectivity index (χ1n) is 10.1. The van der Waals surface area contributed by atoms with Crippen molar-refractivity contribution in [3.8, 4) is 11.5 Å². The molecule has 1 saturated heterocycles. The quantitative estimate of drug-likeness (QED) is 0.318. The maximum Gasteiger partial charge on any atom is 0.191 e. The van der Waals surface area contributed by atoms with Gasteiger partial charge in [0.15, 0.2) is 5.96 Å². The minimum atomic E-state index is 0. The summed E-state index contributed by atoms with van der Waals surface area (Å²) in [5.41, 5.74) is 2.07. The second kappa shape index (κ2) is 11.8.